The van der Waals surface area contributed by atoms with E-state index in [4.69, 9.17) is 0 Å². The quantitative estimate of drug-likeness (QED) is 0.793. The van der Waals surface area contributed by atoms with Crippen LogP contribution in [0.3, 0.4) is 0 Å². The van der Waals surface area contributed by atoms with Gasteiger partial charge in [0.2, 0.25) is 11.8 Å². The molecule has 28 heavy (non-hydrogen) atoms. The van der Waals surface area contributed by atoms with Crippen LogP contribution in [0.1, 0.15) is 44.7 Å². The Hall–Kier alpha value is -2.82. The Labute approximate surface area is 167 Å². The third-order valence-electron chi connectivity index (χ3n) is 5.27. The maximum atomic E-state index is 12.5. The summed E-state index contributed by atoms with van der Waals surface area (Å²) in [5.74, 6) is 0.528. The van der Waals surface area contributed by atoms with E-state index < -0.39 is 0 Å². The number of nitrogens with one attached hydrogen (secondary N) is 2. The van der Waals surface area contributed by atoms with Crippen molar-refractivity contribution in [3.05, 3.63) is 60.2 Å². The Balaban J connectivity index is 1.59. The van der Waals surface area contributed by atoms with E-state index in [1.807, 2.05) is 42.5 Å². The van der Waals surface area contributed by atoms with Crippen LogP contribution >= 0.6 is 0 Å². The molecule has 0 aromatic heterocycles. The molecule has 2 aromatic rings. The highest BCUT2D eigenvalue weighted by atomic mass is 16.2. The average Bonchev–Trinajstić information content (AvgIpc) is 2.69. The van der Waals surface area contributed by atoms with Crippen molar-refractivity contribution >= 4 is 23.2 Å². The van der Waals surface area contributed by atoms with Crippen molar-refractivity contribution in [1.82, 2.24) is 5.32 Å². The standard InChI is InChI=1S/C23H29N3O2/c1-17-12-14-26(15-13-17)21-10-8-20(9-11-21)25-23(28)16-22(24-18(2)27)19-6-4-3-5-7-19/h3-11,17,22H,12-16H2,1-2H3,(H,24,27)(H,25,28)/t22-/m0/s1. The average molecular weight is 380 g/mol. The summed E-state index contributed by atoms with van der Waals surface area (Å²) in [5.41, 5.74) is 2.89. The third kappa shape index (κ3) is 5.59. The van der Waals surface area contributed by atoms with Crippen molar-refractivity contribution in [3.63, 3.8) is 0 Å². The molecule has 1 atom stereocenters. The minimum Gasteiger partial charge on any atom is -0.372 e. The van der Waals surface area contributed by atoms with Crippen molar-refractivity contribution < 1.29 is 9.59 Å². The van der Waals surface area contributed by atoms with E-state index >= 15 is 0 Å². The maximum absolute atomic E-state index is 12.5. The van der Waals surface area contributed by atoms with Crippen LogP contribution in [0.15, 0.2) is 54.6 Å². The summed E-state index contributed by atoms with van der Waals surface area (Å²) in [6.07, 6.45) is 2.64. The lowest BCUT2D eigenvalue weighted by Crippen LogP contribution is -2.32. The van der Waals surface area contributed by atoms with Crippen LogP contribution in [0.4, 0.5) is 11.4 Å². The molecular formula is C23H29N3O2. The van der Waals surface area contributed by atoms with Gasteiger partial charge in [-0.25, -0.2) is 0 Å². The first-order valence-corrected chi connectivity index (χ1v) is 9.98. The first-order valence-electron chi connectivity index (χ1n) is 9.98. The number of piperidine rings is 1. The first-order chi connectivity index (χ1) is 13.5. The number of carbonyl (C=O) groups is 2. The molecule has 0 aliphatic carbocycles. The molecule has 0 radical (unpaired) electrons. The zero-order chi connectivity index (χ0) is 19.9. The zero-order valence-electron chi connectivity index (χ0n) is 16.7. The molecule has 148 valence electrons. The molecule has 0 spiro atoms. The second-order valence-electron chi connectivity index (χ2n) is 7.63. The first kappa shape index (κ1) is 19.9. The van der Waals surface area contributed by atoms with E-state index in [0.29, 0.717) is 0 Å². The Morgan fingerprint density at radius 1 is 1.04 bits per heavy atom. The molecule has 2 amide bonds. The molecule has 3 rings (SSSR count). The van der Waals surface area contributed by atoms with Gasteiger partial charge in [-0.2, -0.15) is 0 Å². The van der Waals surface area contributed by atoms with Gasteiger partial charge in [0.25, 0.3) is 0 Å². The molecule has 1 heterocycles. The molecule has 2 N–H and O–H groups in total. The summed E-state index contributed by atoms with van der Waals surface area (Å²) in [6, 6.07) is 17.2. The van der Waals surface area contributed by atoms with E-state index in [0.717, 1.165) is 30.3 Å². The van der Waals surface area contributed by atoms with Gasteiger partial charge >= 0.3 is 0 Å². The minimum absolute atomic E-state index is 0.123. The zero-order valence-corrected chi connectivity index (χ0v) is 16.7. The predicted molar refractivity (Wildman–Crippen MR) is 113 cm³/mol. The number of nitrogens with zero attached hydrogens (tertiary/aromatic N) is 1. The van der Waals surface area contributed by atoms with E-state index in [1.54, 1.807) is 0 Å². The molecule has 1 aliphatic rings. The molecule has 0 saturated carbocycles. The van der Waals surface area contributed by atoms with Gasteiger partial charge < -0.3 is 15.5 Å². The van der Waals surface area contributed by atoms with Gasteiger partial charge in [0.1, 0.15) is 0 Å². The number of benzene rings is 2. The summed E-state index contributed by atoms with van der Waals surface area (Å²) in [5, 5.41) is 5.81. The fourth-order valence-corrected chi connectivity index (χ4v) is 3.60. The molecule has 0 unspecified atom stereocenters. The normalized spacial score (nSPS) is 15.7. The molecule has 5 nitrogen and oxygen atoms in total. The maximum Gasteiger partial charge on any atom is 0.226 e. The summed E-state index contributed by atoms with van der Waals surface area (Å²) in [7, 11) is 0. The number of amides is 2. The van der Waals surface area contributed by atoms with E-state index in [9.17, 15) is 9.59 Å². The third-order valence-corrected chi connectivity index (χ3v) is 5.27. The predicted octanol–water partition coefficient (Wildman–Crippen LogP) is 4.13. The lowest BCUT2D eigenvalue weighted by molar-refractivity contribution is -0.120. The van der Waals surface area contributed by atoms with Gasteiger partial charge in [0.15, 0.2) is 0 Å². The second-order valence-corrected chi connectivity index (χ2v) is 7.63. The highest BCUT2D eigenvalue weighted by Gasteiger charge is 2.18. The van der Waals surface area contributed by atoms with Crippen molar-refractivity contribution in [2.45, 2.75) is 39.2 Å². The van der Waals surface area contributed by atoms with Crippen LogP contribution in [0.25, 0.3) is 0 Å². The molecule has 1 fully saturated rings. The van der Waals surface area contributed by atoms with Crippen molar-refractivity contribution in [3.8, 4) is 0 Å². The van der Waals surface area contributed by atoms with Crippen molar-refractivity contribution in [1.29, 1.82) is 0 Å². The fourth-order valence-electron chi connectivity index (χ4n) is 3.60. The Morgan fingerprint density at radius 3 is 2.29 bits per heavy atom. The number of rotatable bonds is 6. The monoisotopic (exact) mass is 379 g/mol. The largest absolute Gasteiger partial charge is 0.372 e. The van der Waals surface area contributed by atoms with Crippen LogP contribution in [0.2, 0.25) is 0 Å². The summed E-state index contributed by atoms with van der Waals surface area (Å²) in [6.45, 7) is 5.94. The molecule has 2 aromatic carbocycles. The number of carbonyl (C=O) groups excluding carboxylic acids is 2. The van der Waals surface area contributed by atoms with Gasteiger partial charge in [0, 0.05) is 31.4 Å². The van der Waals surface area contributed by atoms with Crippen LogP contribution in [-0.4, -0.2) is 24.9 Å². The van der Waals surface area contributed by atoms with Gasteiger partial charge in [0.05, 0.1) is 12.5 Å². The molecule has 1 saturated heterocycles. The molecule has 5 heteroatoms. The summed E-state index contributed by atoms with van der Waals surface area (Å²) >= 11 is 0. The Bertz CT molecular complexity index is 781. The molecular weight excluding hydrogens is 350 g/mol. The minimum atomic E-state index is -0.340. The van der Waals surface area contributed by atoms with Gasteiger partial charge in [-0.3, -0.25) is 9.59 Å². The SMILES string of the molecule is CC(=O)N[C@@H](CC(=O)Nc1ccc(N2CCC(C)CC2)cc1)c1ccccc1. The van der Waals surface area contributed by atoms with Crippen molar-refractivity contribution in [2.24, 2.45) is 5.92 Å². The number of anilines is 2. The smallest absolute Gasteiger partial charge is 0.226 e. The lowest BCUT2D eigenvalue weighted by atomic mass is 9.99. The van der Waals surface area contributed by atoms with Gasteiger partial charge in [-0.1, -0.05) is 37.3 Å². The summed E-state index contributed by atoms with van der Waals surface area (Å²) < 4.78 is 0. The number of hydrogen-bond donors (Lipinski definition) is 2. The topological polar surface area (TPSA) is 61.4 Å². The number of hydrogen-bond acceptors (Lipinski definition) is 3. The lowest BCUT2D eigenvalue weighted by Gasteiger charge is -2.32. The van der Waals surface area contributed by atoms with Crippen LogP contribution in [-0.2, 0) is 9.59 Å². The summed E-state index contributed by atoms with van der Waals surface area (Å²) in [4.78, 5) is 26.5. The second kappa shape index (κ2) is 9.40. The fraction of sp³-hybridized carbons (Fsp3) is 0.391. The van der Waals surface area contributed by atoms with Gasteiger partial charge in [-0.05, 0) is 48.6 Å². The van der Waals surface area contributed by atoms with Crippen LogP contribution < -0.4 is 15.5 Å². The highest BCUT2D eigenvalue weighted by Crippen LogP contribution is 2.24. The van der Waals surface area contributed by atoms with E-state index in [2.05, 4.69) is 34.6 Å². The van der Waals surface area contributed by atoms with Crippen LogP contribution in [0, 0.1) is 5.92 Å². The van der Waals surface area contributed by atoms with Crippen LogP contribution in [0.5, 0.6) is 0 Å². The van der Waals surface area contributed by atoms with Gasteiger partial charge in [-0.15, -0.1) is 0 Å². The van der Waals surface area contributed by atoms with E-state index in [-0.39, 0.29) is 24.3 Å². The van der Waals surface area contributed by atoms with E-state index in [1.165, 1.54) is 25.5 Å². The van der Waals surface area contributed by atoms with Crippen molar-refractivity contribution in [2.75, 3.05) is 23.3 Å². The highest BCUT2D eigenvalue weighted by molar-refractivity contribution is 5.91. The molecule has 0 bridgehead atoms. The Kier molecular flexibility index (Phi) is 6.69. The Morgan fingerprint density at radius 2 is 1.68 bits per heavy atom. The molecule has 1 aliphatic heterocycles.